The number of aromatic nitrogens is 7. The Balaban J connectivity index is 1.47. The van der Waals surface area contributed by atoms with Gasteiger partial charge < -0.3 is 4.74 Å². The van der Waals surface area contributed by atoms with Gasteiger partial charge in [-0.3, -0.25) is 0 Å². The third-order valence-corrected chi connectivity index (χ3v) is 6.13. The van der Waals surface area contributed by atoms with Crippen molar-refractivity contribution in [2.24, 2.45) is 0 Å². The van der Waals surface area contributed by atoms with Crippen molar-refractivity contribution in [2.45, 2.75) is 57.0 Å². The van der Waals surface area contributed by atoms with Crippen LogP contribution in [-0.4, -0.2) is 41.3 Å². The zero-order valence-corrected chi connectivity index (χ0v) is 16.7. The van der Waals surface area contributed by atoms with Gasteiger partial charge in [0.2, 0.25) is 5.82 Å². The molecule has 2 fully saturated rings. The van der Waals surface area contributed by atoms with Crippen molar-refractivity contribution >= 4 is 5.65 Å². The van der Waals surface area contributed by atoms with E-state index in [4.69, 9.17) is 14.8 Å². The molecule has 4 aromatic rings. The van der Waals surface area contributed by atoms with Crippen LogP contribution in [0.3, 0.4) is 0 Å². The molecule has 0 aliphatic heterocycles. The molecule has 8 nitrogen and oxygen atoms in total. The van der Waals surface area contributed by atoms with E-state index in [-0.39, 0.29) is 0 Å². The van der Waals surface area contributed by atoms with Gasteiger partial charge in [-0.25, -0.2) is 9.50 Å². The van der Waals surface area contributed by atoms with Crippen LogP contribution in [0, 0.1) is 0 Å². The first-order chi connectivity index (χ1) is 14.9. The van der Waals surface area contributed by atoms with Gasteiger partial charge in [-0.2, -0.15) is 10.3 Å². The van der Waals surface area contributed by atoms with E-state index in [1.54, 1.807) is 6.20 Å². The molecule has 0 radical (unpaired) electrons. The van der Waals surface area contributed by atoms with E-state index in [1.165, 1.54) is 37.8 Å². The lowest BCUT2D eigenvalue weighted by molar-refractivity contribution is 0.303. The highest BCUT2D eigenvalue weighted by atomic mass is 16.5. The Kier molecular flexibility index (Phi) is 4.21. The van der Waals surface area contributed by atoms with E-state index in [0.717, 1.165) is 40.9 Å². The quantitative estimate of drug-likeness (QED) is 0.539. The Morgan fingerprint density at radius 3 is 2.50 bits per heavy atom. The van der Waals surface area contributed by atoms with Crippen molar-refractivity contribution in [3.05, 3.63) is 42.4 Å². The summed E-state index contributed by atoms with van der Waals surface area (Å²) in [5, 5.41) is 19.1. The van der Waals surface area contributed by atoms with Gasteiger partial charge in [-0.15, -0.1) is 10.2 Å². The van der Waals surface area contributed by atoms with E-state index in [9.17, 15) is 0 Å². The van der Waals surface area contributed by atoms with E-state index in [0.29, 0.717) is 17.8 Å². The molecule has 30 heavy (non-hydrogen) atoms. The minimum absolute atomic E-state index is 0.402. The molecule has 152 valence electrons. The molecule has 1 N–H and O–H groups in total. The third-order valence-electron chi connectivity index (χ3n) is 6.13. The molecular formula is C22H23N7O. The summed E-state index contributed by atoms with van der Waals surface area (Å²) < 4.78 is 7.91. The molecule has 0 atom stereocenters. The Hall–Kier alpha value is -3.29. The van der Waals surface area contributed by atoms with Crippen molar-refractivity contribution in [3.63, 3.8) is 0 Å². The first-order valence-electron chi connectivity index (χ1n) is 10.7. The lowest BCUT2D eigenvalue weighted by Crippen LogP contribution is -2.12. The second-order valence-electron chi connectivity index (χ2n) is 8.26. The van der Waals surface area contributed by atoms with Gasteiger partial charge in [-0.1, -0.05) is 31.4 Å². The number of tetrazole rings is 1. The number of hydrogen-bond donors (Lipinski definition) is 1. The maximum Gasteiger partial charge on any atom is 0.210 e. The fourth-order valence-corrected chi connectivity index (χ4v) is 4.46. The summed E-state index contributed by atoms with van der Waals surface area (Å²) in [6.45, 7) is 0. The molecule has 0 bridgehead atoms. The van der Waals surface area contributed by atoms with Crippen molar-refractivity contribution in [1.29, 1.82) is 0 Å². The average molecular weight is 401 g/mol. The van der Waals surface area contributed by atoms with Crippen LogP contribution in [0.25, 0.3) is 28.2 Å². The largest absolute Gasteiger partial charge is 0.490 e. The lowest BCUT2D eigenvalue weighted by Gasteiger charge is -2.25. The Labute approximate surface area is 173 Å². The number of H-pyrrole nitrogens is 1. The summed E-state index contributed by atoms with van der Waals surface area (Å²) in [6.07, 6.45) is 12.6. The summed E-state index contributed by atoms with van der Waals surface area (Å²) in [5.41, 5.74) is 5.07. The second-order valence-corrected chi connectivity index (χ2v) is 8.26. The van der Waals surface area contributed by atoms with Crippen LogP contribution >= 0.6 is 0 Å². The van der Waals surface area contributed by atoms with Gasteiger partial charge in [-0.05, 0) is 48.6 Å². The molecule has 0 spiro atoms. The van der Waals surface area contributed by atoms with E-state index >= 15 is 0 Å². The summed E-state index contributed by atoms with van der Waals surface area (Å²) in [6, 6.07) is 8.40. The Morgan fingerprint density at radius 1 is 0.933 bits per heavy atom. The van der Waals surface area contributed by atoms with Crippen molar-refractivity contribution in [1.82, 2.24) is 35.2 Å². The van der Waals surface area contributed by atoms with Gasteiger partial charge in [0, 0.05) is 17.7 Å². The molecule has 2 saturated carbocycles. The first kappa shape index (κ1) is 17.6. The third kappa shape index (κ3) is 3.12. The number of benzene rings is 1. The van der Waals surface area contributed by atoms with Gasteiger partial charge in [0.25, 0.3) is 0 Å². The van der Waals surface area contributed by atoms with Crippen LogP contribution in [0.4, 0.5) is 0 Å². The summed E-state index contributed by atoms with van der Waals surface area (Å²) in [5.74, 6) is 1.91. The highest BCUT2D eigenvalue weighted by Crippen LogP contribution is 2.39. The van der Waals surface area contributed by atoms with E-state index in [1.807, 2.05) is 10.7 Å². The summed E-state index contributed by atoms with van der Waals surface area (Å²) in [7, 11) is 0. The van der Waals surface area contributed by atoms with Crippen LogP contribution in [-0.2, 0) is 0 Å². The predicted octanol–water partition coefficient (Wildman–Crippen LogP) is 4.17. The van der Waals surface area contributed by atoms with Crippen LogP contribution in [0.5, 0.6) is 5.75 Å². The molecule has 3 aromatic heterocycles. The molecule has 0 saturated heterocycles. The summed E-state index contributed by atoms with van der Waals surface area (Å²) >= 11 is 0. The molecule has 2 aliphatic carbocycles. The van der Waals surface area contributed by atoms with Gasteiger partial charge in [0.05, 0.1) is 23.6 Å². The highest BCUT2D eigenvalue weighted by Gasteiger charge is 2.26. The van der Waals surface area contributed by atoms with Gasteiger partial charge >= 0.3 is 0 Å². The monoisotopic (exact) mass is 401 g/mol. The van der Waals surface area contributed by atoms with Crippen LogP contribution < -0.4 is 4.74 Å². The van der Waals surface area contributed by atoms with Gasteiger partial charge in [0.1, 0.15) is 5.75 Å². The Bertz CT molecular complexity index is 1160. The van der Waals surface area contributed by atoms with Crippen molar-refractivity contribution in [2.75, 3.05) is 0 Å². The number of rotatable bonds is 5. The zero-order chi connectivity index (χ0) is 19.9. The first-order valence-corrected chi connectivity index (χ1v) is 10.7. The summed E-state index contributed by atoms with van der Waals surface area (Å²) in [4.78, 5) is 4.76. The fourth-order valence-electron chi connectivity index (χ4n) is 4.46. The number of hydrogen-bond acceptors (Lipinski definition) is 6. The van der Waals surface area contributed by atoms with E-state index < -0.39 is 0 Å². The maximum absolute atomic E-state index is 5.92. The number of nitrogens with zero attached hydrogens (tertiary/aromatic N) is 6. The molecular weight excluding hydrogens is 378 g/mol. The molecule has 0 amide bonds. The molecule has 6 rings (SSSR count). The van der Waals surface area contributed by atoms with Crippen molar-refractivity contribution < 1.29 is 4.74 Å². The smallest absolute Gasteiger partial charge is 0.210 e. The molecule has 1 aromatic carbocycles. The number of nitrogens with one attached hydrogen (secondary N) is 1. The molecule has 8 heteroatoms. The normalized spacial score (nSPS) is 17.5. The highest BCUT2D eigenvalue weighted by molar-refractivity contribution is 5.75. The van der Waals surface area contributed by atoms with Crippen LogP contribution in [0.15, 0.2) is 36.7 Å². The lowest BCUT2D eigenvalue weighted by atomic mass is 9.84. The van der Waals surface area contributed by atoms with Crippen LogP contribution in [0.2, 0.25) is 0 Å². The standard InChI is InChI=1S/C22H23N7O/c1-2-4-15(5-3-1)20-18(14-6-8-16(9-7-14)30-17-10-11-17)12-23-22-19(13-24-29(20)22)21-25-27-28-26-21/h6-9,12-13,15,17H,1-5,10-11H2,(H,25,26,27,28). The minimum atomic E-state index is 0.402. The second kappa shape index (κ2) is 7.19. The van der Waals surface area contributed by atoms with Crippen LogP contribution in [0.1, 0.15) is 56.6 Å². The Morgan fingerprint density at radius 2 is 1.77 bits per heavy atom. The minimum Gasteiger partial charge on any atom is -0.490 e. The van der Waals surface area contributed by atoms with E-state index in [2.05, 4.69) is 44.9 Å². The maximum atomic E-state index is 5.92. The van der Waals surface area contributed by atoms with Gasteiger partial charge in [0.15, 0.2) is 5.65 Å². The SMILES string of the molecule is c1cc(-c2cnc3c(-c4nn[nH]n4)cnn3c2C2CCCCC2)ccc1OC1CC1. The van der Waals surface area contributed by atoms with Crippen molar-refractivity contribution in [3.8, 4) is 28.3 Å². The molecule has 2 aliphatic rings. The average Bonchev–Trinajstić information content (AvgIpc) is 3.26. The fraction of sp³-hybridized carbons (Fsp3) is 0.409. The molecule has 3 heterocycles. The number of ether oxygens (including phenoxy) is 1. The zero-order valence-electron chi connectivity index (χ0n) is 16.7. The predicted molar refractivity (Wildman–Crippen MR) is 111 cm³/mol. The number of aromatic amines is 1. The topological polar surface area (TPSA) is 93.9 Å². The molecule has 0 unspecified atom stereocenters. The number of fused-ring (bicyclic) bond motifs is 1.